The average molecular weight is 636 g/mol. The van der Waals surface area contributed by atoms with Gasteiger partial charge in [0.25, 0.3) is 5.91 Å². The lowest BCUT2D eigenvalue weighted by Gasteiger charge is -2.26. The van der Waals surface area contributed by atoms with Gasteiger partial charge in [0.05, 0.1) is 13.1 Å². The number of urea groups is 1. The molecule has 0 bridgehead atoms. The lowest BCUT2D eigenvalue weighted by atomic mass is 9.84. The Morgan fingerprint density at radius 3 is 2.16 bits per heavy atom. The van der Waals surface area contributed by atoms with Gasteiger partial charge in [0, 0.05) is 21.8 Å². The number of amides is 3. The van der Waals surface area contributed by atoms with E-state index < -0.39 is 35.9 Å². The lowest BCUT2D eigenvalue weighted by molar-refractivity contribution is -0.163. The van der Waals surface area contributed by atoms with Gasteiger partial charge in [-0.1, -0.05) is 49.6 Å². The van der Waals surface area contributed by atoms with Crippen LogP contribution in [0.25, 0.3) is 0 Å². The van der Waals surface area contributed by atoms with Gasteiger partial charge in [0.15, 0.2) is 0 Å². The number of benzene rings is 3. The molecule has 0 aliphatic heterocycles. The molecule has 1 fully saturated rings. The van der Waals surface area contributed by atoms with Gasteiger partial charge in [-0.3, -0.25) is 9.69 Å². The van der Waals surface area contributed by atoms with Gasteiger partial charge in [-0.15, -0.1) is 0 Å². The molecule has 1 saturated carbocycles. The van der Waals surface area contributed by atoms with E-state index in [0.717, 1.165) is 31.2 Å². The molecule has 3 aromatic carbocycles. The smallest absolute Gasteiger partial charge is 0.446 e. The van der Waals surface area contributed by atoms with Gasteiger partial charge in [-0.25, -0.2) is 9.59 Å². The standard InChI is InChI=1S/C31H30F5N3O4S/c32-30(33,28(41)42)19-37-27(40)23-11-9-20(10-12-23)18-39(25-15-13-22(14-16-25)21-5-2-1-3-6-21)29(43)38-24-7-4-8-26(17-24)44-31(34,35)36/h4,7-17,21H,1-3,5-6,18-19H2,(H,37,40)(H,38,43)(H,41,42). The summed E-state index contributed by atoms with van der Waals surface area (Å²) in [5.41, 5.74) is -2.07. The Kier molecular flexibility index (Phi) is 10.5. The van der Waals surface area contributed by atoms with Gasteiger partial charge in [0.1, 0.15) is 0 Å². The van der Waals surface area contributed by atoms with Crippen LogP contribution in [0.4, 0.5) is 38.1 Å². The van der Waals surface area contributed by atoms with Crippen LogP contribution >= 0.6 is 11.8 Å². The number of hydrogen-bond acceptors (Lipinski definition) is 4. The summed E-state index contributed by atoms with van der Waals surface area (Å²) in [6.45, 7) is -1.37. The summed E-state index contributed by atoms with van der Waals surface area (Å²) in [5, 5.41) is 13.1. The Morgan fingerprint density at radius 2 is 1.55 bits per heavy atom. The minimum Gasteiger partial charge on any atom is -0.477 e. The number of carboxylic acid groups (broad SMARTS) is 1. The predicted molar refractivity (Wildman–Crippen MR) is 157 cm³/mol. The number of carbonyl (C=O) groups is 3. The van der Waals surface area contributed by atoms with Gasteiger partial charge >= 0.3 is 23.4 Å². The van der Waals surface area contributed by atoms with E-state index in [2.05, 4.69) is 5.32 Å². The third-order valence-electron chi connectivity index (χ3n) is 7.19. The molecule has 0 spiro atoms. The first-order valence-electron chi connectivity index (χ1n) is 13.8. The van der Waals surface area contributed by atoms with Crippen LogP contribution in [0.15, 0.2) is 77.7 Å². The molecular weight excluding hydrogens is 605 g/mol. The van der Waals surface area contributed by atoms with Crippen molar-refractivity contribution in [3.63, 3.8) is 0 Å². The van der Waals surface area contributed by atoms with Crippen molar-refractivity contribution in [2.24, 2.45) is 0 Å². The SMILES string of the molecule is O=C(NCC(F)(F)C(=O)O)c1ccc(CN(C(=O)Nc2cccc(SC(F)(F)F)c2)c2ccc(C3CCCCC3)cc2)cc1. The fraction of sp³-hybridized carbons (Fsp3) is 0.323. The van der Waals surface area contributed by atoms with Crippen LogP contribution in [0, 0.1) is 0 Å². The van der Waals surface area contributed by atoms with Crippen LogP contribution in [0.3, 0.4) is 0 Å². The van der Waals surface area contributed by atoms with Crippen LogP contribution < -0.4 is 15.5 Å². The maximum absolute atomic E-state index is 13.5. The molecule has 0 atom stereocenters. The second kappa shape index (κ2) is 14.1. The number of rotatable bonds is 10. The quantitative estimate of drug-likeness (QED) is 0.155. The van der Waals surface area contributed by atoms with E-state index in [1.54, 1.807) is 0 Å². The first kappa shape index (κ1) is 32.8. The highest BCUT2D eigenvalue weighted by atomic mass is 32.2. The topological polar surface area (TPSA) is 98.7 Å². The molecule has 3 aromatic rings. The van der Waals surface area contributed by atoms with Gasteiger partial charge in [-0.2, -0.15) is 22.0 Å². The summed E-state index contributed by atoms with van der Waals surface area (Å²) in [4.78, 5) is 37.7. The highest BCUT2D eigenvalue weighted by Crippen LogP contribution is 2.38. The zero-order valence-corrected chi connectivity index (χ0v) is 24.2. The van der Waals surface area contributed by atoms with Crippen molar-refractivity contribution >= 4 is 41.0 Å². The van der Waals surface area contributed by atoms with Gasteiger partial charge < -0.3 is 15.7 Å². The predicted octanol–water partition coefficient (Wildman–Crippen LogP) is 8.03. The monoisotopic (exact) mass is 635 g/mol. The molecule has 7 nitrogen and oxygen atoms in total. The molecule has 3 N–H and O–H groups in total. The number of nitrogens with one attached hydrogen (secondary N) is 2. The Labute approximate surface area is 254 Å². The molecule has 234 valence electrons. The van der Waals surface area contributed by atoms with Gasteiger partial charge in [0.2, 0.25) is 0 Å². The molecule has 0 radical (unpaired) electrons. The van der Waals surface area contributed by atoms with Crippen LogP contribution in [0.2, 0.25) is 0 Å². The number of carboxylic acids is 1. The van der Waals surface area contributed by atoms with Crippen LogP contribution in [-0.2, 0) is 11.3 Å². The fourth-order valence-corrected chi connectivity index (χ4v) is 5.52. The highest BCUT2D eigenvalue weighted by molar-refractivity contribution is 8.00. The number of aliphatic carboxylic acids is 1. The molecule has 13 heteroatoms. The molecule has 0 unspecified atom stereocenters. The van der Waals surface area contributed by atoms with Crippen LogP contribution in [0.1, 0.15) is 59.5 Å². The second-order valence-electron chi connectivity index (χ2n) is 10.4. The molecule has 1 aliphatic rings. The van der Waals surface area contributed by atoms with Crippen molar-refractivity contribution in [3.8, 4) is 0 Å². The molecule has 4 rings (SSSR count). The van der Waals surface area contributed by atoms with Crippen molar-refractivity contribution in [2.75, 3.05) is 16.8 Å². The van der Waals surface area contributed by atoms with Crippen LogP contribution in [0.5, 0.6) is 0 Å². The number of anilines is 2. The van der Waals surface area contributed by atoms with E-state index in [0.29, 0.717) is 17.2 Å². The number of nitrogens with zero attached hydrogens (tertiary/aromatic N) is 1. The lowest BCUT2D eigenvalue weighted by Crippen LogP contribution is -2.42. The molecule has 44 heavy (non-hydrogen) atoms. The zero-order chi connectivity index (χ0) is 31.9. The fourth-order valence-electron chi connectivity index (χ4n) is 4.92. The Bertz CT molecular complexity index is 1460. The maximum Gasteiger partial charge on any atom is 0.446 e. The Balaban J connectivity index is 1.53. The average Bonchev–Trinajstić information content (AvgIpc) is 2.99. The third-order valence-corrected chi connectivity index (χ3v) is 7.91. The normalized spacial score (nSPS) is 14.1. The molecule has 0 heterocycles. The van der Waals surface area contributed by atoms with E-state index in [9.17, 15) is 36.3 Å². The summed E-state index contributed by atoms with van der Waals surface area (Å²) < 4.78 is 65.3. The van der Waals surface area contributed by atoms with Crippen molar-refractivity contribution in [2.45, 2.75) is 60.9 Å². The minimum absolute atomic E-state index is 0.00162. The number of carbonyl (C=O) groups excluding carboxylic acids is 2. The van der Waals surface area contributed by atoms with E-state index in [1.807, 2.05) is 29.6 Å². The Hall–Kier alpha value is -4.13. The van der Waals surface area contributed by atoms with E-state index >= 15 is 0 Å². The minimum atomic E-state index is -4.49. The van der Waals surface area contributed by atoms with E-state index in [4.69, 9.17) is 5.11 Å². The van der Waals surface area contributed by atoms with Crippen LogP contribution in [-0.4, -0.2) is 41.0 Å². The largest absolute Gasteiger partial charge is 0.477 e. The summed E-state index contributed by atoms with van der Waals surface area (Å²) in [5.74, 6) is -6.95. The van der Waals surface area contributed by atoms with E-state index in [-0.39, 0.29) is 34.5 Å². The van der Waals surface area contributed by atoms with Crippen molar-refractivity contribution in [3.05, 3.63) is 89.5 Å². The molecule has 0 saturated heterocycles. The Morgan fingerprint density at radius 1 is 0.886 bits per heavy atom. The van der Waals surface area contributed by atoms with Crippen molar-refractivity contribution in [1.82, 2.24) is 5.32 Å². The summed E-state index contributed by atoms with van der Waals surface area (Å²) in [6.07, 6.45) is 5.69. The van der Waals surface area contributed by atoms with Gasteiger partial charge in [-0.05, 0) is 84.1 Å². The van der Waals surface area contributed by atoms with E-state index in [1.165, 1.54) is 59.9 Å². The number of thioether (sulfide) groups is 1. The zero-order valence-electron chi connectivity index (χ0n) is 23.4. The number of alkyl halides is 5. The first-order valence-corrected chi connectivity index (χ1v) is 14.6. The molecular formula is C31H30F5N3O4S. The number of halogens is 5. The first-order chi connectivity index (χ1) is 20.8. The highest BCUT2D eigenvalue weighted by Gasteiger charge is 2.39. The summed E-state index contributed by atoms with van der Waals surface area (Å²) in [6, 6.07) is 18.1. The second-order valence-corrected chi connectivity index (χ2v) is 11.5. The number of hydrogen-bond donors (Lipinski definition) is 3. The van der Waals surface area contributed by atoms with Crippen molar-refractivity contribution in [1.29, 1.82) is 0 Å². The molecule has 1 aliphatic carbocycles. The molecule has 0 aromatic heterocycles. The summed E-state index contributed by atoms with van der Waals surface area (Å²) in [7, 11) is 0. The summed E-state index contributed by atoms with van der Waals surface area (Å²) >= 11 is -0.294. The maximum atomic E-state index is 13.5. The van der Waals surface area contributed by atoms with Crippen molar-refractivity contribution < 1.29 is 41.4 Å². The molecule has 3 amide bonds. The third kappa shape index (κ3) is 9.18.